The van der Waals surface area contributed by atoms with Crippen LogP contribution in [0.4, 0.5) is 8.78 Å². The molecule has 1 nitrogen and oxygen atoms in total. The van der Waals surface area contributed by atoms with Crippen LogP contribution in [0, 0.1) is 18.6 Å². The van der Waals surface area contributed by atoms with Crippen molar-refractivity contribution in [3.63, 3.8) is 0 Å². The van der Waals surface area contributed by atoms with E-state index in [0.29, 0.717) is 6.42 Å². The summed E-state index contributed by atoms with van der Waals surface area (Å²) in [6.45, 7) is 1.77. The van der Waals surface area contributed by atoms with Crippen LogP contribution in [0.5, 0.6) is 0 Å². The van der Waals surface area contributed by atoms with Gasteiger partial charge in [0.05, 0.1) is 0 Å². The lowest BCUT2D eigenvalue weighted by Gasteiger charge is -2.08. The third-order valence-electron chi connectivity index (χ3n) is 2.85. The van der Waals surface area contributed by atoms with Gasteiger partial charge in [0.25, 0.3) is 0 Å². The van der Waals surface area contributed by atoms with Crippen molar-refractivity contribution in [1.29, 1.82) is 0 Å². The van der Waals surface area contributed by atoms with Gasteiger partial charge in [0.1, 0.15) is 11.6 Å². The van der Waals surface area contributed by atoms with Crippen LogP contribution in [0.1, 0.15) is 11.1 Å². The highest BCUT2D eigenvalue weighted by atomic mass is 19.1. The van der Waals surface area contributed by atoms with Gasteiger partial charge in [-0.2, -0.15) is 0 Å². The Morgan fingerprint density at radius 1 is 0.944 bits per heavy atom. The Morgan fingerprint density at radius 2 is 1.72 bits per heavy atom. The Hall–Kier alpha value is -1.74. The zero-order valence-corrected chi connectivity index (χ0v) is 10.1. The van der Waals surface area contributed by atoms with E-state index in [2.05, 4.69) is 0 Å². The van der Waals surface area contributed by atoms with Crippen LogP contribution in [0.3, 0.4) is 0 Å². The van der Waals surface area contributed by atoms with E-state index in [1.165, 1.54) is 12.1 Å². The van der Waals surface area contributed by atoms with Gasteiger partial charge in [-0.3, -0.25) is 0 Å². The monoisotopic (exact) mass is 248 g/mol. The fourth-order valence-corrected chi connectivity index (χ4v) is 1.90. The normalized spacial score (nSPS) is 10.7. The molecule has 0 spiro atoms. The summed E-state index contributed by atoms with van der Waals surface area (Å²) in [7, 11) is 0. The lowest BCUT2D eigenvalue weighted by Crippen LogP contribution is -1.95. The molecule has 2 aromatic carbocycles. The molecule has 0 aliphatic rings. The van der Waals surface area contributed by atoms with E-state index in [9.17, 15) is 8.78 Å². The Kier molecular flexibility index (Phi) is 3.72. The Morgan fingerprint density at radius 3 is 2.39 bits per heavy atom. The second kappa shape index (κ2) is 5.27. The van der Waals surface area contributed by atoms with Crippen molar-refractivity contribution < 1.29 is 13.9 Å². The van der Waals surface area contributed by atoms with Crippen LogP contribution < -0.4 is 0 Å². The first-order chi connectivity index (χ1) is 8.61. The number of hydrogen-bond acceptors (Lipinski definition) is 1. The molecular weight excluding hydrogens is 234 g/mol. The second-order valence-corrected chi connectivity index (χ2v) is 4.27. The summed E-state index contributed by atoms with van der Waals surface area (Å²) in [5.41, 5.74) is 2.06. The maximum absolute atomic E-state index is 13.8. The molecule has 0 aliphatic carbocycles. The molecule has 0 aromatic heterocycles. The fraction of sp³-hybridized carbons (Fsp3) is 0.200. The number of hydrogen-bond donors (Lipinski definition) is 1. The number of aliphatic hydroxyl groups is 1. The Labute approximate surface area is 105 Å². The molecule has 2 aromatic rings. The molecule has 0 radical (unpaired) electrons. The summed E-state index contributed by atoms with van der Waals surface area (Å²) in [6, 6.07) is 9.19. The van der Waals surface area contributed by atoms with Gasteiger partial charge >= 0.3 is 0 Å². The Balaban J connectivity index is 2.51. The highest BCUT2D eigenvalue weighted by Crippen LogP contribution is 2.27. The highest BCUT2D eigenvalue weighted by Gasteiger charge is 2.11. The van der Waals surface area contributed by atoms with E-state index in [4.69, 9.17) is 5.11 Å². The van der Waals surface area contributed by atoms with Crippen LogP contribution in [-0.4, -0.2) is 11.7 Å². The Bertz CT molecular complexity index is 564. The predicted octanol–water partition coefficient (Wildman–Crippen LogP) is 3.48. The molecule has 1 N–H and O–H groups in total. The van der Waals surface area contributed by atoms with Crippen molar-refractivity contribution in [1.82, 2.24) is 0 Å². The zero-order chi connectivity index (χ0) is 13.1. The molecule has 3 heteroatoms. The van der Waals surface area contributed by atoms with E-state index in [1.807, 2.05) is 0 Å². The highest BCUT2D eigenvalue weighted by molar-refractivity contribution is 5.66. The van der Waals surface area contributed by atoms with Gasteiger partial charge in [-0.1, -0.05) is 18.2 Å². The van der Waals surface area contributed by atoms with Gasteiger partial charge in [0, 0.05) is 17.7 Å². The van der Waals surface area contributed by atoms with Crippen LogP contribution >= 0.6 is 0 Å². The first kappa shape index (κ1) is 12.7. The van der Waals surface area contributed by atoms with Crippen molar-refractivity contribution in [2.75, 3.05) is 6.61 Å². The van der Waals surface area contributed by atoms with Crippen molar-refractivity contribution in [3.05, 3.63) is 59.2 Å². The SMILES string of the molecule is Cc1ccc(-c2cc(CCO)ccc2F)c(F)c1. The summed E-state index contributed by atoms with van der Waals surface area (Å²) in [6.07, 6.45) is 0.431. The maximum Gasteiger partial charge on any atom is 0.131 e. The summed E-state index contributed by atoms with van der Waals surface area (Å²) in [5.74, 6) is -0.894. The average Bonchev–Trinajstić information content (AvgIpc) is 2.33. The van der Waals surface area contributed by atoms with Gasteiger partial charge in [-0.15, -0.1) is 0 Å². The lowest BCUT2D eigenvalue weighted by molar-refractivity contribution is 0.299. The topological polar surface area (TPSA) is 20.2 Å². The van der Waals surface area contributed by atoms with Crippen LogP contribution in [0.2, 0.25) is 0 Å². The number of aryl methyl sites for hydroxylation is 1. The molecule has 0 saturated carbocycles. The number of benzene rings is 2. The van der Waals surface area contributed by atoms with Gasteiger partial charge < -0.3 is 5.11 Å². The molecule has 0 saturated heterocycles. The molecule has 2 rings (SSSR count). The number of halogens is 2. The molecule has 0 atom stereocenters. The third-order valence-corrected chi connectivity index (χ3v) is 2.85. The second-order valence-electron chi connectivity index (χ2n) is 4.27. The molecule has 0 fully saturated rings. The molecule has 18 heavy (non-hydrogen) atoms. The van der Waals surface area contributed by atoms with Gasteiger partial charge in [0.15, 0.2) is 0 Å². The predicted molar refractivity (Wildman–Crippen MR) is 67.3 cm³/mol. The van der Waals surface area contributed by atoms with Crippen molar-refractivity contribution in [2.45, 2.75) is 13.3 Å². The van der Waals surface area contributed by atoms with Crippen LogP contribution in [-0.2, 0) is 6.42 Å². The molecule has 0 unspecified atom stereocenters. The smallest absolute Gasteiger partial charge is 0.131 e. The summed E-state index contributed by atoms with van der Waals surface area (Å²) < 4.78 is 27.6. The largest absolute Gasteiger partial charge is 0.396 e. The quantitative estimate of drug-likeness (QED) is 0.881. The minimum atomic E-state index is -0.459. The van der Waals surface area contributed by atoms with E-state index in [-0.39, 0.29) is 17.7 Å². The minimum Gasteiger partial charge on any atom is -0.396 e. The molecule has 0 bridgehead atoms. The summed E-state index contributed by atoms with van der Waals surface area (Å²) in [4.78, 5) is 0. The molecular formula is C15H14F2O. The number of rotatable bonds is 3. The van der Waals surface area contributed by atoms with E-state index in [0.717, 1.165) is 11.1 Å². The van der Waals surface area contributed by atoms with Gasteiger partial charge in [-0.25, -0.2) is 8.78 Å². The van der Waals surface area contributed by atoms with Crippen molar-refractivity contribution in [2.24, 2.45) is 0 Å². The first-order valence-corrected chi connectivity index (χ1v) is 5.77. The summed E-state index contributed by atoms with van der Waals surface area (Å²) >= 11 is 0. The van der Waals surface area contributed by atoms with E-state index < -0.39 is 11.6 Å². The van der Waals surface area contributed by atoms with E-state index >= 15 is 0 Å². The van der Waals surface area contributed by atoms with Crippen molar-refractivity contribution >= 4 is 0 Å². The molecule has 94 valence electrons. The van der Waals surface area contributed by atoms with Crippen LogP contribution in [0.25, 0.3) is 11.1 Å². The first-order valence-electron chi connectivity index (χ1n) is 5.77. The molecule has 0 amide bonds. The zero-order valence-electron chi connectivity index (χ0n) is 10.1. The van der Waals surface area contributed by atoms with Crippen molar-refractivity contribution in [3.8, 4) is 11.1 Å². The fourth-order valence-electron chi connectivity index (χ4n) is 1.90. The van der Waals surface area contributed by atoms with Crippen LogP contribution in [0.15, 0.2) is 36.4 Å². The molecule has 0 heterocycles. The van der Waals surface area contributed by atoms with Gasteiger partial charge in [-0.05, 0) is 42.7 Å². The standard InChI is InChI=1S/C15H14F2O/c1-10-2-4-12(15(17)8-10)13-9-11(6-7-18)3-5-14(13)16/h2-5,8-9,18H,6-7H2,1H3. The lowest BCUT2D eigenvalue weighted by atomic mass is 10.00. The third kappa shape index (κ3) is 2.57. The minimum absolute atomic E-state index is 0.0124. The maximum atomic E-state index is 13.8. The molecule has 0 aliphatic heterocycles. The van der Waals surface area contributed by atoms with E-state index in [1.54, 1.807) is 31.2 Å². The van der Waals surface area contributed by atoms with Gasteiger partial charge in [0.2, 0.25) is 0 Å². The number of aliphatic hydroxyl groups excluding tert-OH is 1. The average molecular weight is 248 g/mol. The summed E-state index contributed by atoms with van der Waals surface area (Å²) in [5, 5.41) is 8.87.